The van der Waals surface area contributed by atoms with Crippen LogP contribution in [-0.4, -0.2) is 45.4 Å². The summed E-state index contributed by atoms with van der Waals surface area (Å²) in [4.78, 5) is 32.7. The van der Waals surface area contributed by atoms with Crippen LogP contribution >= 0.6 is 11.8 Å². The highest BCUT2D eigenvalue weighted by Crippen LogP contribution is 2.26. The molecule has 3 aromatic rings. The fourth-order valence-corrected chi connectivity index (χ4v) is 4.82. The number of imidazole rings is 1. The van der Waals surface area contributed by atoms with Crippen LogP contribution < -0.4 is 5.32 Å². The van der Waals surface area contributed by atoms with Crippen LogP contribution in [0.1, 0.15) is 41.1 Å². The van der Waals surface area contributed by atoms with E-state index in [-0.39, 0.29) is 11.8 Å². The van der Waals surface area contributed by atoms with Gasteiger partial charge in [0.1, 0.15) is 0 Å². The minimum Gasteiger partial charge on any atom is -0.338 e. The van der Waals surface area contributed by atoms with Crippen LogP contribution in [0.25, 0.3) is 5.52 Å². The third-order valence-electron chi connectivity index (χ3n) is 5.48. The van der Waals surface area contributed by atoms with Gasteiger partial charge in [0.05, 0.1) is 16.8 Å². The summed E-state index contributed by atoms with van der Waals surface area (Å²) in [5.74, 6) is 0.589. The van der Waals surface area contributed by atoms with Gasteiger partial charge in [-0.15, -0.1) is 0 Å². The molecule has 2 amide bonds. The van der Waals surface area contributed by atoms with E-state index in [1.807, 2.05) is 52.1 Å². The third kappa shape index (κ3) is 3.94. The molecule has 2 atom stereocenters. The molecule has 7 heteroatoms. The number of carbonyl (C=O) groups is 2. The molecule has 0 aliphatic carbocycles. The smallest absolute Gasteiger partial charge is 0.276 e. The lowest BCUT2D eigenvalue weighted by Gasteiger charge is -2.35. The van der Waals surface area contributed by atoms with Gasteiger partial charge in [0.25, 0.3) is 11.8 Å². The van der Waals surface area contributed by atoms with E-state index in [1.165, 1.54) is 11.8 Å². The monoisotopic (exact) mass is 422 g/mol. The first-order chi connectivity index (χ1) is 14.5. The Balaban J connectivity index is 1.62. The summed E-state index contributed by atoms with van der Waals surface area (Å²) in [5, 5.41) is 3.67. The summed E-state index contributed by atoms with van der Waals surface area (Å²) in [5.41, 5.74) is 2.12. The minimum atomic E-state index is -0.320. The molecule has 156 valence electrons. The standard InChI is InChI=1S/C23H26N4O2S/c1-15-12-16(2)14-26(13-15)22(29)17-8-4-5-9-18(17)24-21(28)20-19-10-6-7-11-27(19)23(25-20)30-3/h4-11,15-16H,12-14H2,1-3H3,(H,24,28). The second-order valence-electron chi connectivity index (χ2n) is 8.06. The summed E-state index contributed by atoms with van der Waals surface area (Å²) in [6.45, 7) is 5.84. The normalized spacial score (nSPS) is 19.1. The van der Waals surface area contributed by atoms with Crippen molar-refractivity contribution in [3.8, 4) is 0 Å². The number of hydrogen-bond donors (Lipinski definition) is 1. The Kier molecular flexibility index (Phi) is 5.81. The Morgan fingerprint density at radius 3 is 2.50 bits per heavy atom. The molecule has 1 aliphatic heterocycles. The zero-order chi connectivity index (χ0) is 21.3. The number of benzene rings is 1. The average Bonchev–Trinajstić information content (AvgIpc) is 3.12. The van der Waals surface area contributed by atoms with Crippen molar-refractivity contribution in [3.63, 3.8) is 0 Å². The van der Waals surface area contributed by atoms with Gasteiger partial charge in [-0.1, -0.05) is 43.8 Å². The zero-order valence-electron chi connectivity index (χ0n) is 17.5. The molecular formula is C23H26N4O2S. The van der Waals surface area contributed by atoms with Gasteiger partial charge in [-0.2, -0.15) is 0 Å². The number of hydrogen-bond acceptors (Lipinski definition) is 4. The predicted octanol–water partition coefficient (Wildman–Crippen LogP) is 4.43. The van der Waals surface area contributed by atoms with Crippen molar-refractivity contribution in [3.05, 3.63) is 59.9 Å². The second kappa shape index (κ2) is 8.52. The fourth-order valence-electron chi connectivity index (χ4n) is 4.28. The first kappa shape index (κ1) is 20.5. The Labute approximate surface area is 180 Å². The van der Waals surface area contributed by atoms with E-state index in [0.29, 0.717) is 28.8 Å². The lowest BCUT2D eigenvalue weighted by Crippen LogP contribution is -2.42. The largest absolute Gasteiger partial charge is 0.338 e. The summed E-state index contributed by atoms with van der Waals surface area (Å²) in [6, 6.07) is 12.9. The second-order valence-corrected chi connectivity index (χ2v) is 8.83. The summed E-state index contributed by atoms with van der Waals surface area (Å²) in [7, 11) is 0. The van der Waals surface area contributed by atoms with Gasteiger partial charge in [-0.25, -0.2) is 4.98 Å². The maximum absolute atomic E-state index is 13.2. The summed E-state index contributed by atoms with van der Waals surface area (Å²) < 4.78 is 1.90. The number of piperidine rings is 1. The van der Waals surface area contributed by atoms with E-state index in [1.54, 1.807) is 12.1 Å². The molecule has 0 saturated carbocycles. The molecule has 6 nitrogen and oxygen atoms in total. The summed E-state index contributed by atoms with van der Waals surface area (Å²) >= 11 is 1.48. The number of thioether (sulfide) groups is 1. The molecule has 1 aliphatic rings. The van der Waals surface area contributed by atoms with E-state index in [2.05, 4.69) is 24.1 Å². The van der Waals surface area contributed by atoms with Crippen molar-refractivity contribution >= 4 is 34.8 Å². The highest BCUT2D eigenvalue weighted by Gasteiger charge is 2.28. The summed E-state index contributed by atoms with van der Waals surface area (Å²) in [6.07, 6.45) is 4.95. The number of fused-ring (bicyclic) bond motifs is 1. The Morgan fingerprint density at radius 1 is 1.07 bits per heavy atom. The van der Waals surface area contributed by atoms with E-state index in [4.69, 9.17) is 0 Å². The average molecular weight is 423 g/mol. The van der Waals surface area contributed by atoms with Crippen molar-refractivity contribution in [1.29, 1.82) is 0 Å². The molecule has 30 heavy (non-hydrogen) atoms. The van der Waals surface area contributed by atoms with E-state index in [9.17, 15) is 9.59 Å². The molecule has 0 bridgehead atoms. The molecule has 1 N–H and O–H groups in total. The molecule has 4 rings (SSSR count). The van der Waals surface area contributed by atoms with Gasteiger partial charge in [0, 0.05) is 19.3 Å². The number of pyridine rings is 1. The highest BCUT2D eigenvalue weighted by molar-refractivity contribution is 7.98. The number of rotatable bonds is 4. The number of nitrogens with zero attached hydrogens (tertiary/aromatic N) is 3. The number of amides is 2. The van der Waals surface area contributed by atoms with Crippen LogP contribution in [0.15, 0.2) is 53.8 Å². The van der Waals surface area contributed by atoms with E-state index < -0.39 is 0 Å². The molecule has 2 unspecified atom stereocenters. The van der Waals surface area contributed by atoms with Gasteiger partial charge < -0.3 is 10.2 Å². The predicted molar refractivity (Wildman–Crippen MR) is 120 cm³/mol. The van der Waals surface area contributed by atoms with Crippen molar-refractivity contribution in [2.75, 3.05) is 24.7 Å². The molecule has 3 heterocycles. The first-order valence-corrected chi connectivity index (χ1v) is 11.4. The van der Waals surface area contributed by atoms with Crippen LogP contribution in [0, 0.1) is 11.8 Å². The van der Waals surface area contributed by atoms with E-state index in [0.717, 1.165) is 30.2 Å². The molecule has 1 fully saturated rings. The zero-order valence-corrected chi connectivity index (χ0v) is 18.3. The number of para-hydroxylation sites is 1. The molecular weight excluding hydrogens is 396 g/mol. The van der Waals surface area contributed by atoms with Crippen molar-refractivity contribution in [1.82, 2.24) is 14.3 Å². The number of carbonyl (C=O) groups excluding carboxylic acids is 2. The van der Waals surface area contributed by atoms with Crippen molar-refractivity contribution in [2.45, 2.75) is 25.4 Å². The number of nitrogens with one attached hydrogen (secondary N) is 1. The topological polar surface area (TPSA) is 66.7 Å². The van der Waals surface area contributed by atoms with Gasteiger partial charge in [0.2, 0.25) is 0 Å². The fraction of sp³-hybridized carbons (Fsp3) is 0.348. The Morgan fingerprint density at radius 2 is 1.77 bits per heavy atom. The van der Waals surface area contributed by atoms with Crippen molar-refractivity contribution in [2.24, 2.45) is 11.8 Å². The lowest BCUT2D eigenvalue weighted by molar-refractivity contribution is 0.0624. The van der Waals surface area contributed by atoms with E-state index >= 15 is 0 Å². The van der Waals surface area contributed by atoms with Gasteiger partial charge >= 0.3 is 0 Å². The quantitative estimate of drug-likeness (QED) is 0.632. The lowest BCUT2D eigenvalue weighted by atomic mass is 9.91. The maximum atomic E-state index is 13.2. The van der Waals surface area contributed by atoms with Crippen molar-refractivity contribution < 1.29 is 9.59 Å². The maximum Gasteiger partial charge on any atom is 0.276 e. The number of likely N-dealkylation sites (tertiary alicyclic amines) is 1. The van der Waals surface area contributed by atoms with Crippen LogP contribution in [0.4, 0.5) is 5.69 Å². The first-order valence-electron chi connectivity index (χ1n) is 10.2. The Bertz CT molecular complexity index is 1080. The Hall–Kier alpha value is -2.80. The highest BCUT2D eigenvalue weighted by atomic mass is 32.2. The van der Waals surface area contributed by atoms with Crippen LogP contribution in [0.3, 0.4) is 0 Å². The molecule has 1 saturated heterocycles. The number of anilines is 1. The SMILES string of the molecule is CSc1nc(C(=O)Nc2ccccc2C(=O)N2CC(C)CC(C)C2)c2ccccn12. The van der Waals surface area contributed by atoms with Crippen LogP contribution in [0.5, 0.6) is 0 Å². The van der Waals surface area contributed by atoms with Crippen LogP contribution in [-0.2, 0) is 0 Å². The van der Waals surface area contributed by atoms with Gasteiger partial charge in [-0.3, -0.25) is 14.0 Å². The molecule has 0 radical (unpaired) electrons. The third-order valence-corrected chi connectivity index (χ3v) is 6.13. The minimum absolute atomic E-state index is 0.0381. The molecule has 2 aromatic heterocycles. The van der Waals surface area contributed by atoms with Gasteiger partial charge in [-0.05, 0) is 48.8 Å². The van der Waals surface area contributed by atoms with Crippen LogP contribution in [0.2, 0.25) is 0 Å². The van der Waals surface area contributed by atoms with Gasteiger partial charge in [0.15, 0.2) is 10.9 Å². The molecule has 0 spiro atoms. The molecule has 1 aromatic carbocycles. The number of aromatic nitrogens is 2.